The lowest BCUT2D eigenvalue weighted by Crippen LogP contribution is -2.13. The number of phenolic OH excluding ortho intramolecular Hbond substituents is 1. The van der Waals surface area contributed by atoms with Crippen molar-refractivity contribution in [1.82, 2.24) is 14.5 Å². The average molecular weight is 873 g/mol. The number of benzene rings is 7. The monoisotopic (exact) mass is 873 g/mol. The zero-order chi connectivity index (χ0) is 54.2. The van der Waals surface area contributed by atoms with E-state index in [0.717, 1.165) is 72.4 Å². The van der Waals surface area contributed by atoms with Crippen molar-refractivity contribution in [3.8, 4) is 78.6 Å². The number of fused-ring (bicyclic) bond motifs is 1. The fourth-order valence-electron chi connectivity index (χ4n) is 8.87. The molecule has 0 atom stereocenters. The molecule has 9 rings (SSSR count). The van der Waals surface area contributed by atoms with Crippen LogP contribution < -0.4 is 0 Å². The molecule has 7 aromatic carbocycles. The number of hydrogen-bond acceptors (Lipinski definition) is 3. The van der Waals surface area contributed by atoms with Gasteiger partial charge < -0.3 is 5.11 Å². The molecule has 2 heterocycles. The number of hydrogen-bond donors (Lipinski definition) is 1. The molecule has 0 amide bonds. The molecule has 0 aliphatic heterocycles. The zero-order valence-electron chi connectivity index (χ0n) is 47.9. The molecule has 66 heavy (non-hydrogen) atoms. The highest BCUT2D eigenvalue weighted by Gasteiger charge is 2.26. The maximum atomic E-state index is 12.0. The maximum absolute atomic E-state index is 12.0. The van der Waals surface area contributed by atoms with Crippen molar-refractivity contribution in [3.63, 3.8) is 0 Å². The normalized spacial score (nSPS) is 14.8. The van der Waals surface area contributed by atoms with E-state index in [4.69, 9.17) is 22.3 Å². The van der Waals surface area contributed by atoms with E-state index in [1.54, 1.807) is 24.4 Å². The third kappa shape index (κ3) is 8.61. The summed E-state index contributed by atoms with van der Waals surface area (Å²) in [5, 5.41) is 12.0. The van der Waals surface area contributed by atoms with E-state index in [1.807, 2.05) is 56.3 Å². The molecule has 0 aliphatic carbocycles. The molecule has 330 valence electrons. The van der Waals surface area contributed by atoms with E-state index < -0.39 is 26.0 Å². The number of aromatic nitrogens is 3. The molecule has 0 saturated carbocycles. The molecule has 4 nitrogen and oxygen atoms in total. The van der Waals surface area contributed by atoms with Crippen LogP contribution in [0.3, 0.4) is 0 Å². The summed E-state index contributed by atoms with van der Waals surface area (Å²) in [7, 11) is 0. The lowest BCUT2D eigenvalue weighted by Gasteiger charge is -2.24. The molecule has 1 N–H and O–H groups in total. The summed E-state index contributed by atoms with van der Waals surface area (Å²) in [6.45, 7) is 7.08. The second-order valence-electron chi connectivity index (χ2n) is 19.7. The largest absolute Gasteiger partial charge is 0.507 e. The fourth-order valence-corrected chi connectivity index (χ4v) is 8.87. The van der Waals surface area contributed by atoms with Crippen LogP contribution in [0.4, 0.5) is 0 Å². The highest BCUT2D eigenvalue weighted by Crippen LogP contribution is 2.44. The third-order valence-corrected chi connectivity index (χ3v) is 12.6. The van der Waals surface area contributed by atoms with E-state index in [9.17, 15) is 5.11 Å². The van der Waals surface area contributed by atoms with Crippen molar-refractivity contribution in [2.24, 2.45) is 0 Å². The van der Waals surface area contributed by atoms with Crippen LogP contribution in [0.15, 0.2) is 164 Å². The Labute approximate surface area is 404 Å². The summed E-state index contributed by atoms with van der Waals surface area (Å²) in [5.41, 5.74) is 12.0. The lowest BCUT2D eigenvalue weighted by molar-refractivity contribution is 0.472. The quantitative estimate of drug-likeness (QED) is 0.174. The van der Waals surface area contributed by atoms with Gasteiger partial charge in [0.2, 0.25) is 0 Å². The van der Waals surface area contributed by atoms with Crippen LogP contribution in [-0.2, 0) is 16.2 Å². The first-order valence-corrected chi connectivity index (χ1v) is 22.4. The predicted octanol–water partition coefficient (Wildman–Crippen LogP) is 16.6. The van der Waals surface area contributed by atoms with Crippen LogP contribution in [0.25, 0.3) is 83.9 Å². The van der Waals surface area contributed by atoms with Crippen LogP contribution in [0.1, 0.15) is 102 Å². The van der Waals surface area contributed by atoms with Crippen molar-refractivity contribution < 1.29 is 17.4 Å². The molecule has 0 fully saturated rings. The molecule has 0 unspecified atom stereocenters. The average Bonchev–Trinajstić information content (AvgIpc) is 3.73. The SMILES string of the molecule is [2H]C([2H])([2H])C(c1ccc(-c2ccnc(-c3cc(-c4ccccc4)cc(-c4cccc5c4nc(-c4cc(C)cc(C)c4O)n5-c4cc(C(C)(C)C)ccc4-c4ccc(C(C)(C)C)cc4)c3)c2)cc1)(C([2H])([2H])[2H])C([2H])([2H])[2H]. The highest BCUT2D eigenvalue weighted by molar-refractivity contribution is 5.98. The van der Waals surface area contributed by atoms with Crippen molar-refractivity contribution >= 4 is 11.0 Å². The molecule has 0 aliphatic rings. The molecule has 0 saturated heterocycles. The van der Waals surface area contributed by atoms with Gasteiger partial charge in [-0.3, -0.25) is 9.55 Å². The standard InChI is InChI=1S/C62H61N3O/c1-39-32-40(2)58(66)53(33-39)59-64-57-52(18-15-19-55(57)65(59)56-38-50(62(9,10)11)28-29-51(56)43-22-26-49(27-23-43)61(6,7)8)46-34-45(41-16-13-12-14-17-41)35-47(36-46)54-37-44(30-31-63-54)42-20-24-48(25-21-42)60(3,4)5/h12-38,66H,1-11H3/i3D3,4D3,5D3. The van der Waals surface area contributed by atoms with Crippen molar-refractivity contribution in [2.45, 2.75) is 92.2 Å². The van der Waals surface area contributed by atoms with E-state index in [1.165, 1.54) is 17.7 Å². The molecular formula is C62H61N3O. The Morgan fingerprint density at radius 1 is 0.485 bits per heavy atom. The number of aryl methyl sites for hydroxylation is 2. The van der Waals surface area contributed by atoms with Crippen molar-refractivity contribution in [2.75, 3.05) is 0 Å². The first-order valence-electron chi connectivity index (χ1n) is 26.9. The summed E-state index contributed by atoms with van der Waals surface area (Å²) < 4.78 is 76.2. The second-order valence-corrected chi connectivity index (χ2v) is 19.7. The van der Waals surface area contributed by atoms with Crippen molar-refractivity contribution in [1.29, 1.82) is 0 Å². The van der Waals surface area contributed by atoms with Gasteiger partial charge in [-0.05, 0) is 140 Å². The van der Waals surface area contributed by atoms with Gasteiger partial charge in [-0.25, -0.2) is 4.98 Å². The Balaban J connectivity index is 1.26. The smallest absolute Gasteiger partial charge is 0.149 e. The molecule has 9 aromatic rings. The topological polar surface area (TPSA) is 50.9 Å². The Bertz CT molecular complexity index is 3560. The summed E-state index contributed by atoms with van der Waals surface area (Å²) in [5.74, 6) is 0.746. The van der Waals surface area contributed by atoms with Crippen LogP contribution in [-0.4, -0.2) is 19.6 Å². The van der Waals surface area contributed by atoms with Crippen molar-refractivity contribution in [3.05, 3.63) is 192 Å². The lowest BCUT2D eigenvalue weighted by atomic mass is 9.84. The minimum atomic E-state index is -3.37. The second kappa shape index (κ2) is 16.7. The third-order valence-electron chi connectivity index (χ3n) is 12.6. The first kappa shape index (κ1) is 34.3. The Kier molecular flexibility index (Phi) is 8.71. The van der Waals surface area contributed by atoms with Gasteiger partial charge in [0.1, 0.15) is 11.6 Å². The number of imidazole rings is 1. The number of rotatable bonds is 7. The van der Waals surface area contributed by atoms with Crippen LogP contribution in [0, 0.1) is 13.8 Å². The van der Waals surface area contributed by atoms with E-state index in [2.05, 4.69) is 131 Å². The summed E-state index contributed by atoms with van der Waals surface area (Å²) in [6.07, 6.45) is 1.68. The molecule has 0 bridgehead atoms. The van der Waals surface area contributed by atoms with Gasteiger partial charge in [0.25, 0.3) is 0 Å². The van der Waals surface area contributed by atoms with E-state index in [-0.39, 0.29) is 22.1 Å². The van der Waals surface area contributed by atoms with Crippen LogP contribution in [0.2, 0.25) is 0 Å². The van der Waals surface area contributed by atoms with Gasteiger partial charge >= 0.3 is 0 Å². The maximum Gasteiger partial charge on any atom is 0.149 e. The summed E-state index contributed by atoms with van der Waals surface area (Å²) in [4.78, 5) is 10.4. The number of aromatic hydroxyl groups is 1. The number of para-hydroxylation sites is 1. The minimum Gasteiger partial charge on any atom is -0.507 e. The Morgan fingerprint density at radius 3 is 1.79 bits per heavy atom. The van der Waals surface area contributed by atoms with Gasteiger partial charge in [0.05, 0.1) is 28.0 Å². The van der Waals surface area contributed by atoms with Gasteiger partial charge in [0.15, 0.2) is 0 Å². The molecule has 4 heteroatoms. The minimum absolute atomic E-state index is 0.0295. The number of nitrogens with zero attached hydrogens (tertiary/aromatic N) is 3. The summed E-state index contributed by atoms with van der Waals surface area (Å²) in [6, 6.07) is 51.4. The van der Waals surface area contributed by atoms with E-state index >= 15 is 0 Å². The van der Waals surface area contributed by atoms with Gasteiger partial charge in [-0.15, -0.1) is 0 Å². The highest BCUT2D eigenvalue weighted by atomic mass is 16.3. The molecule has 2 aromatic heterocycles. The molecule has 0 radical (unpaired) electrons. The van der Waals surface area contributed by atoms with E-state index in [0.29, 0.717) is 28.2 Å². The van der Waals surface area contributed by atoms with Crippen LogP contribution >= 0.6 is 0 Å². The van der Waals surface area contributed by atoms with Gasteiger partial charge in [0, 0.05) is 35.2 Å². The van der Waals surface area contributed by atoms with Gasteiger partial charge in [-0.1, -0.05) is 171 Å². The fraction of sp³-hybridized carbons (Fsp3) is 0.226. The predicted molar refractivity (Wildman–Crippen MR) is 279 cm³/mol. The van der Waals surface area contributed by atoms with Gasteiger partial charge in [-0.2, -0.15) is 0 Å². The Morgan fingerprint density at radius 2 is 1.11 bits per heavy atom. The Hall–Kier alpha value is -7.04. The summed E-state index contributed by atoms with van der Waals surface area (Å²) >= 11 is 0. The number of phenols is 1. The molecule has 0 spiro atoms. The number of pyridine rings is 1. The molecular weight excluding hydrogens is 803 g/mol. The van der Waals surface area contributed by atoms with Crippen LogP contribution in [0.5, 0.6) is 5.75 Å². The first-order chi connectivity index (χ1) is 35.1. The zero-order valence-corrected chi connectivity index (χ0v) is 38.9.